The molecule has 14 heteroatoms. The van der Waals surface area contributed by atoms with Crippen molar-refractivity contribution in [3.63, 3.8) is 0 Å². The number of methoxy groups -OCH3 is 1. The van der Waals surface area contributed by atoms with Gasteiger partial charge in [0.1, 0.15) is 6.61 Å². The Morgan fingerprint density at radius 2 is 1.69 bits per heavy atom. The number of halogens is 7. The maximum atomic E-state index is 13.3. The molecule has 174 valence electrons. The predicted molar refractivity (Wildman–Crippen MR) is 97.1 cm³/mol. The zero-order chi connectivity index (χ0) is 24.2. The first-order chi connectivity index (χ1) is 14.8. The average Bonchev–Trinajstić information content (AvgIpc) is 2.71. The standard InChI is InChI=1S/C18H14F7N3O4/c1-31-14-7-12(9-26-27-18(24,25)16(19,20)17(21,22)23)13(28(29)30)8-15(14)32-10-11-5-3-2-4-6-11/h2-9,27H,10H2,1H3/b26-9+. The Balaban J connectivity index is 2.30. The summed E-state index contributed by atoms with van der Waals surface area (Å²) >= 11 is 0. The summed E-state index contributed by atoms with van der Waals surface area (Å²) in [5, 5.41) is 13.9. The van der Waals surface area contributed by atoms with E-state index >= 15 is 0 Å². The molecule has 32 heavy (non-hydrogen) atoms. The first kappa shape index (κ1) is 24.7. The second kappa shape index (κ2) is 9.28. The Bertz CT molecular complexity index is 983. The van der Waals surface area contributed by atoms with Gasteiger partial charge in [0.15, 0.2) is 11.5 Å². The molecule has 0 spiro atoms. The Labute approximate surface area is 175 Å². The third-order valence-electron chi connectivity index (χ3n) is 3.91. The Morgan fingerprint density at radius 3 is 2.22 bits per heavy atom. The van der Waals surface area contributed by atoms with Crippen LogP contribution in [-0.4, -0.2) is 36.4 Å². The van der Waals surface area contributed by atoms with E-state index in [1.54, 1.807) is 30.3 Å². The molecular formula is C18H14F7N3O4. The zero-order valence-electron chi connectivity index (χ0n) is 16.0. The van der Waals surface area contributed by atoms with Crippen molar-refractivity contribution < 1.29 is 45.1 Å². The van der Waals surface area contributed by atoms with E-state index in [0.717, 1.165) is 19.2 Å². The highest BCUT2D eigenvalue weighted by Crippen LogP contribution is 2.45. The molecule has 0 atom stereocenters. The number of rotatable bonds is 9. The molecule has 0 bridgehead atoms. The number of nitro groups is 1. The molecule has 0 aliphatic carbocycles. The highest BCUT2D eigenvalue weighted by atomic mass is 19.4. The summed E-state index contributed by atoms with van der Waals surface area (Å²) in [5.41, 5.74) is -0.190. The van der Waals surface area contributed by atoms with E-state index < -0.39 is 34.3 Å². The fourth-order valence-corrected chi connectivity index (χ4v) is 2.27. The minimum atomic E-state index is -6.56. The number of nitrogens with one attached hydrogen (secondary N) is 1. The molecule has 2 rings (SSSR count). The molecule has 0 heterocycles. The van der Waals surface area contributed by atoms with Crippen molar-refractivity contribution in [3.05, 3.63) is 63.7 Å². The summed E-state index contributed by atoms with van der Waals surface area (Å²) < 4.78 is 99.2. The van der Waals surface area contributed by atoms with Crippen molar-refractivity contribution in [3.8, 4) is 11.5 Å². The van der Waals surface area contributed by atoms with Crippen LogP contribution in [0.4, 0.5) is 36.4 Å². The van der Waals surface area contributed by atoms with Crippen LogP contribution in [-0.2, 0) is 6.61 Å². The van der Waals surface area contributed by atoms with Gasteiger partial charge in [-0.2, -0.15) is 35.8 Å². The largest absolute Gasteiger partial charge is 0.493 e. The fraction of sp³-hybridized carbons (Fsp3) is 0.278. The molecule has 7 nitrogen and oxygen atoms in total. The smallest absolute Gasteiger partial charge is 0.462 e. The van der Waals surface area contributed by atoms with E-state index in [2.05, 4.69) is 5.10 Å². The Morgan fingerprint density at radius 1 is 1.06 bits per heavy atom. The van der Waals surface area contributed by atoms with Crippen molar-refractivity contribution in [2.75, 3.05) is 7.11 Å². The van der Waals surface area contributed by atoms with E-state index in [-0.39, 0.29) is 24.3 Å². The number of alkyl halides is 7. The third kappa shape index (κ3) is 5.36. The van der Waals surface area contributed by atoms with E-state index in [1.165, 1.54) is 0 Å². The van der Waals surface area contributed by atoms with Crippen LogP contribution in [0.1, 0.15) is 11.1 Å². The minimum Gasteiger partial charge on any atom is -0.493 e. The molecule has 0 amide bonds. The van der Waals surface area contributed by atoms with E-state index in [0.29, 0.717) is 11.0 Å². The number of benzene rings is 2. The lowest BCUT2D eigenvalue weighted by Crippen LogP contribution is -2.58. The van der Waals surface area contributed by atoms with Gasteiger partial charge in [0.05, 0.1) is 29.9 Å². The number of ether oxygens (including phenoxy) is 2. The number of hydrogen-bond donors (Lipinski definition) is 1. The van der Waals surface area contributed by atoms with Gasteiger partial charge in [0.25, 0.3) is 5.69 Å². The highest BCUT2D eigenvalue weighted by molar-refractivity contribution is 5.86. The predicted octanol–water partition coefficient (Wildman–Crippen LogP) is 4.90. The van der Waals surface area contributed by atoms with Crippen LogP contribution in [0.2, 0.25) is 0 Å². The average molecular weight is 469 g/mol. The van der Waals surface area contributed by atoms with Crippen molar-refractivity contribution in [1.29, 1.82) is 0 Å². The molecule has 0 unspecified atom stereocenters. The molecule has 0 saturated heterocycles. The maximum Gasteiger partial charge on any atom is 0.462 e. The molecule has 0 radical (unpaired) electrons. The van der Waals surface area contributed by atoms with Gasteiger partial charge in [0.2, 0.25) is 0 Å². The third-order valence-corrected chi connectivity index (χ3v) is 3.91. The summed E-state index contributed by atoms with van der Waals surface area (Å²) in [6.07, 6.45) is -6.28. The van der Waals surface area contributed by atoms with Gasteiger partial charge in [-0.05, 0) is 11.6 Å². The fourth-order valence-electron chi connectivity index (χ4n) is 2.27. The summed E-state index contributed by atoms with van der Waals surface area (Å²) in [5.74, 6) is -6.67. The summed E-state index contributed by atoms with van der Waals surface area (Å²) in [4.78, 5) is 10.3. The van der Waals surface area contributed by atoms with E-state index in [9.17, 15) is 40.8 Å². The van der Waals surface area contributed by atoms with Crippen LogP contribution >= 0.6 is 0 Å². The van der Waals surface area contributed by atoms with Crippen molar-refractivity contribution in [2.45, 2.75) is 24.8 Å². The maximum absolute atomic E-state index is 13.3. The van der Waals surface area contributed by atoms with E-state index in [4.69, 9.17) is 9.47 Å². The minimum absolute atomic E-state index is 0.0118. The highest BCUT2D eigenvalue weighted by Gasteiger charge is 2.73. The van der Waals surface area contributed by atoms with Crippen molar-refractivity contribution in [1.82, 2.24) is 5.43 Å². The summed E-state index contributed by atoms with van der Waals surface area (Å²) in [7, 11) is 1.16. The summed E-state index contributed by atoms with van der Waals surface area (Å²) in [6, 6.07) is 4.60. The first-order valence-electron chi connectivity index (χ1n) is 8.46. The number of nitro benzene ring substituents is 1. The molecule has 0 aliphatic heterocycles. The zero-order valence-corrected chi connectivity index (χ0v) is 16.0. The second-order valence-corrected chi connectivity index (χ2v) is 6.11. The lowest BCUT2D eigenvalue weighted by atomic mass is 10.1. The van der Waals surface area contributed by atoms with Gasteiger partial charge in [0, 0.05) is 0 Å². The molecular weight excluding hydrogens is 455 g/mol. The normalized spacial score (nSPS) is 12.6. The molecule has 2 aromatic rings. The topological polar surface area (TPSA) is 86.0 Å². The van der Waals surface area contributed by atoms with E-state index in [1.807, 2.05) is 0 Å². The SMILES string of the molecule is COc1cc(/C=N/NC(F)(F)C(F)(F)C(F)(F)F)c([N+](=O)[O-])cc1OCc1ccccc1. The quantitative estimate of drug-likeness (QED) is 0.186. The van der Waals surface area contributed by atoms with Gasteiger partial charge in [-0.3, -0.25) is 10.1 Å². The van der Waals surface area contributed by atoms with Crippen LogP contribution in [0.25, 0.3) is 0 Å². The van der Waals surface area contributed by atoms with Gasteiger partial charge in [-0.15, -0.1) is 0 Å². The van der Waals surface area contributed by atoms with Gasteiger partial charge >= 0.3 is 18.1 Å². The van der Waals surface area contributed by atoms with Crippen LogP contribution in [0.15, 0.2) is 47.6 Å². The molecule has 1 N–H and O–H groups in total. The Hall–Kier alpha value is -3.58. The van der Waals surface area contributed by atoms with Crippen LogP contribution in [0.3, 0.4) is 0 Å². The van der Waals surface area contributed by atoms with Gasteiger partial charge in [-0.25, -0.2) is 5.43 Å². The lowest BCUT2D eigenvalue weighted by Gasteiger charge is -2.27. The second-order valence-electron chi connectivity index (χ2n) is 6.11. The van der Waals surface area contributed by atoms with Crippen molar-refractivity contribution >= 4 is 11.9 Å². The van der Waals surface area contributed by atoms with Crippen LogP contribution in [0, 0.1) is 10.1 Å². The molecule has 0 aromatic heterocycles. The lowest BCUT2D eigenvalue weighted by molar-refractivity contribution is -0.385. The number of hydrogen-bond acceptors (Lipinski definition) is 6. The van der Waals surface area contributed by atoms with Gasteiger partial charge in [-0.1, -0.05) is 30.3 Å². The Kier molecular flexibility index (Phi) is 7.16. The molecule has 0 saturated carbocycles. The molecule has 2 aromatic carbocycles. The van der Waals surface area contributed by atoms with Crippen molar-refractivity contribution in [2.24, 2.45) is 5.10 Å². The first-order valence-corrected chi connectivity index (χ1v) is 8.46. The molecule has 0 aliphatic rings. The number of hydrazone groups is 1. The monoisotopic (exact) mass is 469 g/mol. The summed E-state index contributed by atoms with van der Waals surface area (Å²) in [6.45, 7) is -0.0118. The number of nitrogens with zero attached hydrogens (tertiary/aromatic N) is 2. The van der Waals surface area contributed by atoms with Crippen LogP contribution in [0.5, 0.6) is 11.5 Å². The molecule has 0 fully saturated rings. The van der Waals surface area contributed by atoms with Crippen LogP contribution < -0.4 is 14.9 Å². The van der Waals surface area contributed by atoms with Gasteiger partial charge < -0.3 is 9.47 Å².